The number of hydrogen-bond donors (Lipinski definition) is 0. The van der Waals surface area contributed by atoms with Crippen molar-refractivity contribution in [2.24, 2.45) is 11.8 Å². The molecule has 4 heteroatoms. The van der Waals surface area contributed by atoms with Gasteiger partial charge in [-0.3, -0.25) is 14.9 Å². The highest BCUT2D eigenvalue weighted by Gasteiger charge is 2.42. The van der Waals surface area contributed by atoms with Crippen LogP contribution in [0, 0.1) is 22.0 Å². The molecule has 14 heavy (non-hydrogen) atoms. The summed E-state index contributed by atoms with van der Waals surface area (Å²) in [7, 11) is 0. The number of nitro groups is 1. The first-order valence-electron chi connectivity index (χ1n) is 5.34. The number of hydrogen-bond acceptors (Lipinski definition) is 3. The molecule has 2 fully saturated rings. The van der Waals surface area contributed by atoms with Gasteiger partial charge in [-0.15, -0.1) is 0 Å². The van der Waals surface area contributed by atoms with Crippen molar-refractivity contribution in [1.82, 2.24) is 0 Å². The number of fused-ring (bicyclic) bond motifs is 1. The first kappa shape index (κ1) is 9.62. The molecule has 0 unspecified atom stereocenters. The molecule has 0 N–H and O–H groups in total. The molecule has 2 aliphatic rings. The van der Waals surface area contributed by atoms with Crippen LogP contribution in [-0.4, -0.2) is 16.7 Å². The van der Waals surface area contributed by atoms with Crippen LogP contribution in [0.4, 0.5) is 0 Å². The Morgan fingerprint density at radius 3 is 2.50 bits per heavy atom. The number of ketones is 1. The fourth-order valence-corrected chi connectivity index (χ4v) is 2.88. The van der Waals surface area contributed by atoms with Crippen LogP contribution >= 0.6 is 0 Å². The van der Waals surface area contributed by atoms with Crippen molar-refractivity contribution in [3.8, 4) is 0 Å². The van der Waals surface area contributed by atoms with Crippen molar-refractivity contribution in [2.75, 3.05) is 0 Å². The summed E-state index contributed by atoms with van der Waals surface area (Å²) in [5.41, 5.74) is 0. The topological polar surface area (TPSA) is 60.2 Å². The lowest BCUT2D eigenvalue weighted by Crippen LogP contribution is -2.41. The van der Waals surface area contributed by atoms with Gasteiger partial charge in [0, 0.05) is 17.8 Å². The van der Waals surface area contributed by atoms with E-state index in [1.54, 1.807) is 0 Å². The van der Waals surface area contributed by atoms with Gasteiger partial charge in [0.15, 0.2) is 0 Å². The minimum atomic E-state index is -0.894. The molecular weight excluding hydrogens is 182 g/mol. The van der Waals surface area contributed by atoms with E-state index in [0.29, 0.717) is 24.7 Å². The molecule has 0 amide bonds. The number of nitrogens with zero attached hydrogens (tertiary/aromatic N) is 1. The highest BCUT2D eigenvalue weighted by molar-refractivity contribution is 5.83. The summed E-state index contributed by atoms with van der Waals surface area (Å²) in [5.74, 6) is 0.752. The monoisotopic (exact) mass is 197 g/mol. The Bertz CT molecular complexity index is 264. The normalized spacial score (nSPS) is 37.7. The third-order valence-electron chi connectivity index (χ3n) is 3.68. The Balaban J connectivity index is 2.07. The molecule has 0 aromatic carbocycles. The second-order valence-electron chi connectivity index (χ2n) is 4.51. The highest BCUT2D eigenvalue weighted by Crippen LogP contribution is 2.39. The van der Waals surface area contributed by atoms with E-state index < -0.39 is 11.0 Å². The summed E-state index contributed by atoms with van der Waals surface area (Å²) in [5, 5.41) is 10.6. The summed E-state index contributed by atoms with van der Waals surface area (Å²) < 4.78 is 0. The van der Waals surface area contributed by atoms with Crippen molar-refractivity contribution in [2.45, 2.75) is 44.6 Å². The molecule has 0 spiro atoms. The molecule has 2 rings (SSSR count). The average molecular weight is 197 g/mol. The van der Waals surface area contributed by atoms with E-state index in [-0.39, 0.29) is 5.78 Å². The molecule has 2 aliphatic carbocycles. The molecule has 0 saturated heterocycles. The second-order valence-corrected chi connectivity index (χ2v) is 4.51. The molecule has 3 atom stereocenters. The van der Waals surface area contributed by atoms with Gasteiger partial charge in [0.1, 0.15) is 0 Å². The van der Waals surface area contributed by atoms with Gasteiger partial charge in [-0.05, 0) is 24.7 Å². The van der Waals surface area contributed by atoms with Gasteiger partial charge in [-0.25, -0.2) is 0 Å². The molecule has 4 nitrogen and oxygen atoms in total. The van der Waals surface area contributed by atoms with Crippen molar-refractivity contribution in [3.63, 3.8) is 0 Å². The Kier molecular flexibility index (Phi) is 2.52. The van der Waals surface area contributed by atoms with Crippen LogP contribution in [0.25, 0.3) is 0 Å². The van der Waals surface area contributed by atoms with Gasteiger partial charge in [-0.2, -0.15) is 0 Å². The van der Waals surface area contributed by atoms with E-state index in [9.17, 15) is 14.9 Å². The zero-order valence-electron chi connectivity index (χ0n) is 8.15. The Hall–Kier alpha value is -0.930. The standard InChI is InChI=1S/C10H15NO3/c12-10-6-8-4-2-1-3-7(8)5-9(10)11(13)14/h7-9H,1-6H2/t7-,8-,9+/m1/s1. The van der Waals surface area contributed by atoms with Crippen molar-refractivity contribution in [3.05, 3.63) is 10.1 Å². The predicted molar refractivity (Wildman–Crippen MR) is 50.5 cm³/mol. The van der Waals surface area contributed by atoms with Gasteiger partial charge >= 0.3 is 0 Å². The van der Waals surface area contributed by atoms with E-state index in [2.05, 4.69) is 0 Å². The van der Waals surface area contributed by atoms with E-state index >= 15 is 0 Å². The molecule has 0 aromatic rings. The van der Waals surface area contributed by atoms with Gasteiger partial charge < -0.3 is 0 Å². The molecule has 0 radical (unpaired) electrons. The minimum Gasteiger partial charge on any atom is -0.292 e. The van der Waals surface area contributed by atoms with E-state index in [1.807, 2.05) is 0 Å². The summed E-state index contributed by atoms with van der Waals surface area (Å²) in [4.78, 5) is 21.7. The van der Waals surface area contributed by atoms with Crippen molar-refractivity contribution < 1.29 is 9.72 Å². The third kappa shape index (κ3) is 1.65. The van der Waals surface area contributed by atoms with Gasteiger partial charge in [0.05, 0.1) is 0 Å². The van der Waals surface area contributed by atoms with E-state index in [0.717, 1.165) is 12.8 Å². The summed E-state index contributed by atoms with van der Waals surface area (Å²) >= 11 is 0. The Morgan fingerprint density at radius 2 is 1.86 bits per heavy atom. The quantitative estimate of drug-likeness (QED) is 0.475. The minimum absolute atomic E-state index is 0.141. The number of Topliss-reactive ketones (excluding diaryl/α,β-unsaturated/α-hetero) is 1. The maximum absolute atomic E-state index is 11.4. The predicted octanol–water partition coefficient (Wildman–Crippen LogP) is 1.80. The van der Waals surface area contributed by atoms with Gasteiger partial charge in [0.2, 0.25) is 5.78 Å². The molecule has 0 bridgehead atoms. The van der Waals surface area contributed by atoms with Crippen LogP contribution in [-0.2, 0) is 4.79 Å². The van der Waals surface area contributed by atoms with Gasteiger partial charge in [-0.1, -0.05) is 12.8 Å². The van der Waals surface area contributed by atoms with Crippen LogP contribution in [0.3, 0.4) is 0 Å². The number of rotatable bonds is 1. The van der Waals surface area contributed by atoms with Crippen LogP contribution in [0.1, 0.15) is 38.5 Å². The largest absolute Gasteiger partial charge is 0.292 e. The molecule has 0 aromatic heterocycles. The zero-order valence-corrected chi connectivity index (χ0v) is 8.15. The van der Waals surface area contributed by atoms with Crippen LogP contribution < -0.4 is 0 Å². The first-order chi connectivity index (χ1) is 6.68. The maximum Gasteiger partial charge on any atom is 0.270 e. The molecule has 78 valence electrons. The fourth-order valence-electron chi connectivity index (χ4n) is 2.88. The molecular formula is C10H15NO3. The highest BCUT2D eigenvalue weighted by atomic mass is 16.6. The molecule has 0 aliphatic heterocycles. The molecule has 0 heterocycles. The van der Waals surface area contributed by atoms with E-state index in [4.69, 9.17) is 0 Å². The second kappa shape index (κ2) is 3.67. The van der Waals surface area contributed by atoms with Crippen LogP contribution in [0.2, 0.25) is 0 Å². The van der Waals surface area contributed by atoms with Crippen molar-refractivity contribution >= 4 is 5.78 Å². The third-order valence-corrected chi connectivity index (χ3v) is 3.68. The smallest absolute Gasteiger partial charge is 0.270 e. The van der Waals surface area contributed by atoms with Gasteiger partial charge in [0.25, 0.3) is 6.04 Å². The fraction of sp³-hybridized carbons (Fsp3) is 0.900. The van der Waals surface area contributed by atoms with Crippen LogP contribution in [0.15, 0.2) is 0 Å². The number of carbonyl (C=O) groups is 1. The van der Waals surface area contributed by atoms with Crippen LogP contribution in [0.5, 0.6) is 0 Å². The van der Waals surface area contributed by atoms with E-state index in [1.165, 1.54) is 12.8 Å². The lowest BCUT2D eigenvalue weighted by molar-refractivity contribution is -0.511. The number of carbonyl (C=O) groups excluding carboxylic acids is 1. The zero-order chi connectivity index (χ0) is 10.1. The Labute approximate surface area is 82.8 Å². The van der Waals surface area contributed by atoms with Crippen molar-refractivity contribution in [1.29, 1.82) is 0 Å². The first-order valence-corrected chi connectivity index (χ1v) is 5.34. The lowest BCUT2D eigenvalue weighted by Gasteiger charge is -2.35. The molecule has 2 saturated carbocycles. The summed E-state index contributed by atoms with van der Waals surface area (Å²) in [6.45, 7) is 0. The summed E-state index contributed by atoms with van der Waals surface area (Å²) in [6.07, 6.45) is 5.51. The Morgan fingerprint density at radius 1 is 1.21 bits per heavy atom. The summed E-state index contributed by atoms with van der Waals surface area (Å²) in [6, 6.07) is -0.894. The average Bonchev–Trinajstić information content (AvgIpc) is 2.16. The lowest BCUT2D eigenvalue weighted by atomic mass is 9.69. The maximum atomic E-state index is 11.4. The SMILES string of the molecule is O=C1C[C@H]2CCCC[C@@H]2C[C@@H]1[N+](=O)[O-].